The molecule has 0 aromatic heterocycles. The van der Waals surface area contributed by atoms with Crippen molar-refractivity contribution in [2.24, 2.45) is 28.6 Å². The van der Waals surface area contributed by atoms with Crippen molar-refractivity contribution in [3.8, 4) is 0 Å². The summed E-state index contributed by atoms with van der Waals surface area (Å²) in [5.41, 5.74) is -6.31. The molecule has 0 bridgehead atoms. The van der Waals surface area contributed by atoms with Gasteiger partial charge in [0.1, 0.15) is 5.78 Å². The molecule has 50 heavy (non-hydrogen) atoms. The van der Waals surface area contributed by atoms with E-state index in [-0.39, 0.29) is 69.5 Å². The predicted molar refractivity (Wildman–Crippen MR) is 166 cm³/mol. The van der Waals surface area contributed by atoms with Gasteiger partial charge in [0.25, 0.3) is 10.2 Å². The van der Waals surface area contributed by atoms with Crippen molar-refractivity contribution in [1.82, 2.24) is 0 Å². The molecule has 0 aromatic carbocycles. The Hall–Kier alpha value is -4.28. The number of fused-ring (bicyclic) bond motifs is 5. The maximum absolute atomic E-state index is 17.7. The van der Waals surface area contributed by atoms with Crippen LogP contribution in [-0.4, -0.2) is 81.8 Å². The predicted octanol–water partition coefficient (Wildman–Crippen LogP) is 3.32. The topological polar surface area (TPSA) is 229 Å². The molecule has 3 saturated carbocycles. The summed E-state index contributed by atoms with van der Waals surface area (Å²) in [6.45, 7) is 3.41. The third kappa shape index (κ3) is 7.01. The van der Waals surface area contributed by atoms with Gasteiger partial charge in [0.15, 0.2) is 23.7 Å². The van der Waals surface area contributed by atoms with Crippen LogP contribution in [0.3, 0.4) is 0 Å². The number of ether oxygens (including phenoxy) is 2. The average molecular weight is 711 g/mol. The molecule has 3 fully saturated rings. The van der Waals surface area contributed by atoms with Gasteiger partial charge in [-0.05, 0) is 63.5 Å². The minimum absolute atomic E-state index is 0.0647. The van der Waals surface area contributed by atoms with Gasteiger partial charge in [-0.3, -0.25) is 24.0 Å². The maximum Gasteiger partial charge on any atom is 0.306 e. The minimum atomic E-state index is -2.23. The Labute approximate surface area is 286 Å². The Morgan fingerprint density at radius 1 is 0.980 bits per heavy atom. The lowest BCUT2D eigenvalue weighted by Gasteiger charge is -2.62. The number of allylic oxidation sites excluding steroid dienone is 4. The first-order chi connectivity index (χ1) is 23.4. The van der Waals surface area contributed by atoms with Crippen LogP contribution in [0.25, 0.3) is 0 Å². The van der Waals surface area contributed by atoms with Crippen molar-refractivity contribution in [3.05, 3.63) is 44.0 Å². The van der Waals surface area contributed by atoms with Crippen LogP contribution in [0.5, 0.6) is 0 Å². The van der Waals surface area contributed by atoms with Crippen molar-refractivity contribution in [3.63, 3.8) is 0 Å². The lowest BCUT2D eigenvalue weighted by atomic mass is 9.44. The number of aliphatic hydroxyl groups excluding tert-OH is 1. The van der Waals surface area contributed by atoms with Crippen molar-refractivity contribution in [1.29, 1.82) is 0 Å². The quantitative estimate of drug-likeness (QED) is 0.0988. The second-order valence-corrected chi connectivity index (χ2v) is 14.1. The first kappa shape index (κ1) is 38.5. The zero-order valence-corrected chi connectivity index (χ0v) is 28.3. The lowest BCUT2D eigenvalue weighted by Crippen LogP contribution is -2.70. The summed E-state index contributed by atoms with van der Waals surface area (Å²) < 4.78 is 29.0. The molecule has 0 saturated heterocycles. The van der Waals surface area contributed by atoms with E-state index >= 15 is 4.39 Å². The highest BCUT2D eigenvalue weighted by atomic mass is 19.1. The van der Waals surface area contributed by atoms with Crippen molar-refractivity contribution in [2.45, 2.75) is 102 Å². The molecule has 16 nitrogen and oxygen atoms in total. The molecule has 0 aromatic rings. The third-order valence-corrected chi connectivity index (χ3v) is 11.4. The van der Waals surface area contributed by atoms with Crippen LogP contribution in [0.2, 0.25) is 0 Å². The smallest absolute Gasteiger partial charge is 0.306 e. The number of alkyl halides is 1. The highest BCUT2D eigenvalue weighted by Crippen LogP contribution is 2.71. The second-order valence-electron chi connectivity index (χ2n) is 14.1. The summed E-state index contributed by atoms with van der Waals surface area (Å²) in [5, 5.41) is 30.5. The van der Waals surface area contributed by atoms with Gasteiger partial charge < -0.3 is 24.3 Å². The van der Waals surface area contributed by atoms with Gasteiger partial charge in [0, 0.05) is 41.9 Å². The number of carbonyl (C=O) groups is 5. The molecule has 0 amide bonds. The van der Waals surface area contributed by atoms with Crippen molar-refractivity contribution < 1.29 is 62.8 Å². The first-order valence-corrected chi connectivity index (χ1v) is 16.7. The molecule has 4 aliphatic carbocycles. The SMILES string of the molecule is C[C@@H]1CC2C3CCC4=CC(=O)C=C[C@]4(C)[C@@]3(F)[C@@H](O)C[C@]2(C)[C@@]1(OC(=O)CCCO[N+](=O)[O-])C(=O)COC(=O)CCC(=O)CCCO[N+](=O)[O-]. The zero-order valence-electron chi connectivity index (χ0n) is 28.3. The van der Waals surface area contributed by atoms with Gasteiger partial charge in [0.2, 0.25) is 5.78 Å². The number of carbonyl (C=O) groups excluding carboxylic acids is 5. The molecular weight excluding hydrogens is 667 g/mol. The van der Waals surface area contributed by atoms with E-state index in [2.05, 4.69) is 9.68 Å². The fourth-order valence-electron chi connectivity index (χ4n) is 9.09. The number of halogens is 1. The molecule has 0 spiro atoms. The molecule has 4 aliphatic rings. The van der Waals surface area contributed by atoms with Crippen LogP contribution in [0.4, 0.5) is 4.39 Å². The van der Waals surface area contributed by atoms with E-state index in [1.54, 1.807) is 20.8 Å². The monoisotopic (exact) mass is 710 g/mol. The highest BCUT2D eigenvalue weighted by molar-refractivity contribution is 6.01. The molecule has 276 valence electrons. The van der Waals surface area contributed by atoms with Gasteiger partial charge in [-0.1, -0.05) is 25.5 Å². The first-order valence-electron chi connectivity index (χ1n) is 16.7. The Kier molecular flexibility index (Phi) is 11.5. The van der Waals surface area contributed by atoms with E-state index in [1.165, 1.54) is 18.2 Å². The van der Waals surface area contributed by atoms with Gasteiger partial charge in [-0.2, -0.15) is 0 Å². The molecule has 2 unspecified atom stereocenters. The van der Waals surface area contributed by atoms with Crippen LogP contribution in [-0.2, 0) is 43.1 Å². The van der Waals surface area contributed by atoms with Crippen LogP contribution < -0.4 is 0 Å². The normalized spacial score (nSPS) is 33.9. The number of nitrogens with zero attached hydrogens (tertiary/aromatic N) is 2. The van der Waals surface area contributed by atoms with Gasteiger partial charge >= 0.3 is 11.9 Å². The third-order valence-electron chi connectivity index (χ3n) is 11.4. The van der Waals surface area contributed by atoms with E-state index in [0.29, 0.717) is 12.0 Å². The van der Waals surface area contributed by atoms with Crippen LogP contribution in [0.15, 0.2) is 23.8 Å². The summed E-state index contributed by atoms with van der Waals surface area (Å²) in [5.74, 6) is -5.40. The highest BCUT2D eigenvalue weighted by Gasteiger charge is 2.77. The standard InChI is InChI=1S/C33H43FN2O14/c1-20-16-25-24-10-8-21-17-23(38)12-13-30(21,2)32(24,34)26(39)18-31(25,3)33(20,50-29(42)7-5-15-49-36(45)46)27(40)19-47-28(41)11-9-22(37)6-4-14-48-35(43)44/h12-13,17,20,24-26,39H,4-11,14-16,18-19H2,1-3H3/t20-,24?,25?,26+,30+,31+,32+,33+/m1/s1. The van der Waals surface area contributed by atoms with Gasteiger partial charge in [-0.25, -0.2) is 4.39 Å². The largest absolute Gasteiger partial charge is 0.457 e. The maximum atomic E-state index is 17.7. The number of rotatable bonds is 17. The summed E-state index contributed by atoms with van der Waals surface area (Å²) in [6, 6.07) is 0. The Morgan fingerprint density at radius 3 is 2.26 bits per heavy atom. The summed E-state index contributed by atoms with van der Waals surface area (Å²) >= 11 is 0. The number of hydrogen-bond acceptors (Lipinski definition) is 14. The van der Waals surface area contributed by atoms with Gasteiger partial charge in [0.05, 0.1) is 25.7 Å². The number of aliphatic hydroxyl groups is 1. The second kappa shape index (κ2) is 14.9. The molecular formula is C33H43FN2O14. The van der Waals surface area contributed by atoms with Crippen molar-refractivity contribution >= 4 is 29.3 Å². The molecule has 1 N–H and O–H groups in total. The Morgan fingerprint density at radius 2 is 1.62 bits per heavy atom. The van der Waals surface area contributed by atoms with E-state index < -0.39 is 93.5 Å². The molecule has 8 atom stereocenters. The van der Waals surface area contributed by atoms with Crippen LogP contribution >= 0.6 is 0 Å². The average Bonchev–Trinajstić information content (AvgIpc) is 3.26. The van der Waals surface area contributed by atoms with E-state index in [9.17, 15) is 49.3 Å². The fraction of sp³-hybridized carbons (Fsp3) is 0.727. The molecule has 4 rings (SSSR count). The fourth-order valence-corrected chi connectivity index (χ4v) is 9.09. The Bertz CT molecular complexity index is 1480. The molecule has 0 aliphatic heterocycles. The van der Waals surface area contributed by atoms with Crippen molar-refractivity contribution in [2.75, 3.05) is 19.8 Å². The van der Waals surface area contributed by atoms with Crippen LogP contribution in [0.1, 0.15) is 85.0 Å². The molecule has 0 radical (unpaired) electrons. The Balaban J connectivity index is 1.56. The van der Waals surface area contributed by atoms with Gasteiger partial charge in [-0.15, -0.1) is 20.2 Å². The summed E-state index contributed by atoms with van der Waals surface area (Å²) in [7, 11) is 0. The zero-order chi connectivity index (χ0) is 37.1. The summed E-state index contributed by atoms with van der Waals surface area (Å²) in [4.78, 5) is 93.7. The number of Topliss-reactive ketones (excluding diaryl/α,β-unsaturated/α-hetero) is 2. The van der Waals surface area contributed by atoms with E-state index in [0.717, 1.165) is 0 Å². The lowest BCUT2D eigenvalue weighted by molar-refractivity contribution is -0.757. The van der Waals surface area contributed by atoms with E-state index in [1.807, 2.05) is 0 Å². The molecule has 0 heterocycles. The van der Waals surface area contributed by atoms with Crippen LogP contribution in [0, 0.1) is 48.8 Å². The number of esters is 2. The minimum Gasteiger partial charge on any atom is -0.457 e. The van der Waals surface area contributed by atoms with E-state index in [4.69, 9.17) is 9.47 Å². The molecule has 17 heteroatoms. The summed E-state index contributed by atoms with van der Waals surface area (Å²) in [6.07, 6.45) is 1.91. The number of hydrogen-bond donors (Lipinski definition) is 1. The number of ketones is 3.